The lowest BCUT2D eigenvalue weighted by Gasteiger charge is -2.07. The Morgan fingerprint density at radius 2 is 1.91 bits per heavy atom. The number of ether oxygens (including phenoxy) is 3. The molecule has 0 unspecified atom stereocenters. The van der Waals surface area contributed by atoms with Gasteiger partial charge >= 0.3 is 11.9 Å². The normalized spacial score (nSPS) is 10.1. The second-order valence-electron chi connectivity index (χ2n) is 4.15. The summed E-state index contributed by atoms with van der Waals surface area (Å²) in [6.45, 7) is -0.407. The van der Waals surface area contributed by atoms with E-state index in [0.29, 0.717) is 5.75 Å². The number of carbonyl (C=O) groups excluding carboxylic acids is 2. The van der Waals surface area contributed by atoms with Crippen LogP contribution >= 0.6 is 15.9 Å². The number of carbonyl (C=O) groups is 2. The molecule has 1 heterocycles. The van der Waals surface area contributed by atoms with Crippen LogP contribution in [-0.4, -0.2) is 25.7 Å². The standard InChI is InChI=1S/C15H13BrO6/c1-19-15(18)12-6-7-20-13(12)8-22-14(17)9-21-11-4-2-10(16)3-5-11/h2-7H,8-9H2,1H3. The topological polar surface area (TPSA) is 75.0 Å². The number of hydrogen-bond donors (Lipinski definition) is 0. The van der Waals surface area contributed by atoms with Crippen molar-refractivity contribution in [2.24, 2.45) is 0 Å². The highest BCUT2D eigenvalue weighted by Gasteiger charge is 2.16. The van der Waals surface area contributed by atoms with Crippen LogP contribution < -0.4 is 4.74 Å². The molecule has 0 amide bonds. The summed E-state index contributed by atoms with van der Waals surface area (Å²) in [5.41, 5.74) is 0.226. The van der Waals surface area contributed by atoms with Gasteiger partial charge in [0.25, 0.3) is 0 Å². The first-order valence-electron chi connectivity index (χ1n) is 6.29. The van der Waals surface area contributed by atoms with Crippen molar-refractivity contribution in [3.8, 4) is 5.75 Å². The zero-order valence-electron chi connectivity index (χ0n) is 11.7. The molecular weight excluding hydrogens is 356 g/mol. The lowest BCUT2D eigenvalue weighted by atomic mass is 10.2. The minimum atomic E-state index is -0.574. The molecule has 0 radical (unpaired) electrons. The molecule has 0 saturated carbocycles. The van der Waals surface area contributed by atoms with Crippen LogP contribution in [-0.2, 0) is 20.9 Å². The zero-order chi connectivity index (χ0) is 15.9. The molecular formula is C15H13BrO6. The molecule has 116 valence electrons. The van der Waals surface area contributed by atoms with Crippen LogP contribution in [0.15, 0.2) is 45.5 Å². The van der Waals surface area contributed by atoms with Crippen molar-refractivity contribution in [3.63, 3.8) is 0 Å². The third-order valence-electron chi connectivity index (χ3n) is 2.69. The summed E-state index contributed by atoms with van der Waals surface area (Å²) in [4.78, 5) is 23.0. The van der Waals surface area contributed by atoms with Crippen LogP contribution in [0.1, 0.15) is 16.1 Å². The van der Waals surface area contributed by atoms with Crippen molar-refractivity contribution in [2.45, 2.75) is 6.61 Å². The van der Waals surface area contributed by atoms with Crippen LogP contribution in [0.3, 0.4) is 0 Å². The fourth-order valence-corrected chi connectivity index (χ4v) is 1.87. The molecule has 0 saturated heterocycles. The molecule has 0 bridgehead atoms. The summed E-state index contributed by atoms with van der Waals surface area (Å²) in [5.74, 6) is -0.349. The van der Waals surface area contributed by atoms with Crippen molar-refractivity contribution in [1.82, 2.24) is 0 Å². The first-order valence-corrected chi connectivity index (χ1v) is 7.08. The molecule has 0 aliphatic rings. The Labute approximate surface area is 135 Å². The summed E-state index contributed by atoms with van der Waals surface area (Å²) in [6, 6.07) is 8.49. The highest BCUT2D eigenvalue weighted by molar-refractivity contribution is 9.10. The first-order chi connectivity index (χ1) is 10.6. The van der Waals surface area contributed by atoms with Gasteiger partial charge in [-0.2, -0.15) is 0 Å². The number of methoxy groups -OCH3 is 1. The zero-order valence-corrected chi connectivity index (χ0v) is 13.3. The Balaban J connectivity index is 1.82. The van der Waals surface area contributed by atoms with E-state index in [9.17, 15) is 9.59 Å². The SMILES string of the molecule is COC(=O)c1ccoc1COC(=O)COc1ccc(Br)cc1. The van der Waals surface area contributed by atoms with Gasteiger partial charge in [0, 0.05) is 4.47 Å². The molecule has 1 aromatic heterocycles. The van der Waals surface area contributed by atoms with E-state index in [4.69, 9.17) is 13.9 Å². The van der Waals surface area contributed by atoms with E-state index in [1.807, 2.05) is 0 Å². The van der Waals surface area contributed by atoms with Gasteiger partial charge in [0.05, 0.1) is 13.4 Å². The first kappa shape index (κ1) is 16.1. The van der Waals surface area contributed by atoms with E-state index in [1.165, 1.54) is 19.4 Å². The third-order valence-corrected chi connectivity index (χ3v) is 3.21. The molecule has 0 fully saturated rings. The maximum Gasteiger partial charge on any atom is 0.344 e. The van der Waals surface area contributed by atoms with Gasteiger partial charge in [-0.1, -0.05) is 15.9 Å². The number of furan rings is 1. The van der Waals surface area contributed by atoms with Gasteiger partial charge in [-0.3, -0.25) is 0 Å². The van der Waals surface area contributed by atoms with Gasteiger partial charge in [0.2, 0.25) is 0 Å². The molecule has 22 heavy (non-hydrogen) atoms. The molecule has 7 heteroatoms. The molecule has 2 aromatic rings. The van der Waals surface area contributed by atoms with Crippen molar-refractivity contribution in [3.05, 3.63) is 52.4 Å². The van der Waals surface area contributed by atoms with Gasteiger partial charge < -0.3 is 18.6 Å². The largest absolute Gasteiger partial charge is 0.482 e. The molecule has 1 aromatic carbocycles. The Kier molecular flexibility index (Phi) is 5.60. The van der Waals surface area contributed by atoms with Crippen molar-refractivity contribution in [1.29, 1.82) is 0 Å². The summed E-state index contributed by atoms with van der Waals surface area (Å²) < 4.78 is 20.9. The second-order valence-corrected chi connectivity index (χ2v) is 5.07. The Hall–Kier alpha value is -2.28. The van der Waals surface area contributed by atoms with Gasteiger partial charge in [-0.15, -0.1) is 0 Å². The lowest BCUT2D eigenvalue weighted by Crippen LogP contribution is -2.15. The number of esters is 2. The monoisotopic (exact) mass is 368 g/mol. The molecule has 0 atom stereocenters. The van der Waals surface area contributed by atoms with Crippen LogP contribution in [0.25, 0.3) is 0 Å². The van der Waals surface area contributed by atoms with E-state index in [2.05, 4.69) is 20.7 Å². The minimum Gasteiger partial charge on any atom is -0.482 e. The van der Waals surface area contributed by atoms with Crippen molar-refractivity contribution >= 4 is 27.9 Å². The fraction of sp³-hybridized carbons (Fsp3) is 0.200. The molecule has 0 spiro atoms. The van der Waals surface area contributed by atoms with Gasteiger partial charge in [-0.05, 0) is 30.3 Å². The van der Waals surface area contributed by atoms with E-state index in [1.54, 1.807) is 24.3 Å². The fourth-order valence-electron chi connectivity index (χ4n) is 1.61. The maximum absolute atomic E-state index is 11.6. The molecule has 2 rings (SSSR count). The minimum absolute atomic E-state index is 0.167. The smallest absolute Gasteiger partial charge is 0.344 e. The van der Waals surface area contributed by atoms with Crippen LogP contribution in [0.2, 0.25) is 0 Å². The summed E-state index contributed by atoms with van der Waals surface area (Å²) >= 11 is 3.30. The maximum atomic E-state index is 11.6. The molecule has 0 aliphatic carbocycles. The van der Waals surface area contributed by atoms with Gasteiger partial charge in [0.1, 0.15) is 17.9 Å². The van der Waals surface area contributed by atoms with E-state index < -0.39 is 11.9 Å². The van der Waals surface area contributed by atoms with Crippen LogP contribution in [0, 0.1) is 0 Å². The van der Waals surface area contributed by atoms with Crippen LogP contribution in [0.4, 0.5) is 0 Å². The molecule has 6 nitrogen and oxygen atoms in total. The highest BCUT2D eigenvalue weighted by Crippen LogP contribution is 2.16. The third kappa shape index (κ3) is 4.36. The molecule has 0 N–H and O–H groups in total. The van der Waals surface area contributed by atoms with Gasteiger partial charge in [-0.25, -0.2) is 9.59 Å². The van der Waals surface area contributed by atoms with Crippen molar-refractivity contribution in [2.75, 3.05) is 13.7 Å². The lowest BCUT2D eigenvalue weighted by molar-refractivity contribution is -0.147. The Bertz CT molecular complexity index is 646. The van der Waals surface area contributed by atoms with E-state index in [-0.39, 0.29) is 24.5 Å². The quantitative estimate of drug-likeness (QED) is 0.729. The van der Waals surface area contributed by atoms with Crippen molar-refractivity contribution < 1.29 is 28.2 Å². The predicted octanol–water partition coefficient (Wildman–Crippen LogP) is 2.95. The molecule has 0 aliphatic heterocycles. The van der Waals surface area contributed by atoms with E-state index in [0.717, 1.165) is 4.47 Å². The summed E-state index contributed by atoms with van der Waals surface area (Å²) in [5, 5.41) is 0. The highest BCUT2D eigenvalue weighted by atomic mass is 79.9. The number of hydrogen-bond acceptors (Lipinski definition) is 6. The second kappa shape index (κ2) is 7.65. The summed E-state index contributed by atoms with van der Waals surface area (Å²) in [7, 11) is 1.26. The number of halogens is 1. The summed E-state index contributed by atoms with van der Waals surface area (Å²) in [6.07, 6.45) is 1.33. The average Bonchev–Trinajstić information content (AvgIpc) is 3.00. The Morgan fingerprint density at radius 1 is 1.18 bits per heavy atom. The van der Waals surface area contributed by atoms with Gasteiger partial charge in [0.15, 0.2) is 12.4 Å². The van der Waals surface area contributed by atoms with Crippen LogP contribution in [0.5, 0.6) is 5.75 Å². The number of rotatable bonds is 6. The number of benzene rings is 1. The Morgan fingerprint density at radius 3 is 2.59 bits per heavy atom. The predicted molar refractivity (Wildman–Crippen MR) is 79.5 cm³/mol. The van der Waals surface area contributed by atoms with E-state index >= 15 is 0 Å². The average molecular weight is 369 g/mol.